The number of Topliss-reactive ketones (excluding diaryl/α,β-unsaturated/α-hetero) is 2. The van der Waals surface area contributed by atoms with Crippen LogP contribution in [-0.2, 0) is 9.59 Å². The molecule has 0 radical (unpaired) electrons. The monoisotopic (exact) mass is 335 g/mol. The largest absolute Gasteiger partial charge is 0.379 e. The molecule has 0 fully saturated rings. The predicted octanol–water partition coefficient (Wildman–Crippen LogP) is 3.50. The van der Waals surface area contributed by atoms with Gasteiger partial charge < -0.3 is 10.0 Å². The zero-order valence-corrected chi connectivity index (χ0v) is 16.2. The van der Waals surface area contributed by atoms with Crippen molar-refractivity contribution < 1.29 is 14.7 Å². The van der Waals surface area contributed by atoms with E-state index >= 15 is 0 Å². The second kappa shape index (κ2) is 8.11. The van der Waals surface area contributed by atoms with E-state index in [4.69, 9.17) is 0 Å². The normalized spacial score (nSPS) is 26.6. The molecule has 136 valence electrons. The molecule has 1 heterocycles. The summed E-state index contributed by atoms with van der Waals surface area (Å²) in [5.74, 6) is 0.0499. The van der Waals surface area contributed by atoms with Gasteiger partial charge in [0, 0.05) is 19.2 Å². The van der Waals surface area contributed by atoms with Crippen LogP contribution in [0, 0.1) is 11.8 Å². The second-order valence-electron chi connectivity index (χ2n) is 7.59. The molecular formula is C20H33NO3. The van der Waals surface area contributed by atoms with Crippen LogP contribution in [0.2, 0.25) is 0 Å². The molecule has 3 unspecified atom stereocenters. The number of carbonyl (C=O) groups is 2. The van der Waals surface area contributed by atoms with Gasteiger partial charge in [0.15, 0.2) is 5.78 Å². The molecule has 1 aliphatic rings. The van der Waals surface area contributed by atoms with E-state index in [2.05, 4.69) is 33.8 Å². The number of nitrogens with zero attached hydrogens (tertiary/aromatic N) is 1. The maximum absolute atomic E-state index is 12.8. The fraction of sp³-hybridized carbons (Fsp3) is 0.700. The number of hydrogen-bond acceptors (Lipinski definition) is 4. The van der Waals surface area contributed by atoms with Crippen LogP contribution < -0.4 is 0 Å². The Morgan fingerprint density at radius 2 is 1.96 bits per heavy atom. The van der Waals surface area contributed by atoms with Crippen molar-refractivity contribution in [3.8, 4) is 0 Å². The van der Waals surface area contributed by atoms with E-state index in [1.165, 1.54) is 6.92 Å². The van der Waals surface area contributed by atoms with E-state index in [9.17, 15) is 14.7 Å². The standard InChI is InChI=1S/C20H33NO3/c1-8-14(5)10-15(6)18-20(7,24)19(23)16(17(22)9-2)12-21(18)11-13(3)4/h10,12-14,18,24H,8-9,11H2,1-7H3. The summed E-state index contributed by atoms with van der Waals surface area (Å²) in [7, 11) is 0. The highest BCUT2D eigenvalue weighted by atomic mass is 16.3. The summed E-state index contributed by atoms with van der Waals surface area (Å²) in [4.78, 5) is 26.9. The predicted molar refractivity (Wildman–Crippen MR) is 97.6 cm³/mol. The van der Waals surface area contributed by atoms with Gasteiger partial charge in [-0.25, -0.2) is 0 Å². The quantitative estimate of drug-likeness (QED) is 0.571. The molecule has 0 amide bonds. The lowest BCUT2D eigenvalue weighted by Gasteiger charge is -2.45. The number of carbonyl (C=O) groups excluding carboxylic acids is 2. The van der Waals surface area contributed by atoms with Crippen LogP contribution in [-0.4, -0.2) is 39.8 Å². The number of aliphatic hydroxyl groups is 1. The van der Waals surface area contributed by atoms with Crippen molar-refractivity contribution in [3.05, 3.63) is 23.4 Å². The summed E-state index contributed by atoms with van der Waals surface area (Å²) >= 11 is 0. The van der Waals surface area contributed by atoms with E-state index in [-0.39, 0.29) is 17.8 Å². The third kappa shape index (κ3) is 4.35. The molecule has 1 rings (SSSR count). The molecule has 0 saturated heterocycles. The molecule has 0 aromatic heterocycles. The van der Waals surface area contributed by atoms with Gasteiger partial charge in [-0.15, -0.1) is 0 Å². The second-order valence-corrected chi connectivity index (χ2v) is 7.59. The minimum absolute atomic E-state index is 0.121. The molecule has 0 aromatic rings. The number of rotatable bonds is 7. The van der Waals surface area contributed by atoms with Crippen LogP contribution >= 0.6 is 0 Å². The van der Waals surface area contributed by atoms with Gasteiger partial charge in [0.05, 0.1) is 11.6 Å². The Morgan fingerprint density at radius 3 is 2.42 bits per heavy atom. The first-order chi connectivity index (χ1) is 11.1. The van der Waals surface area contributed by atoms with Crippen LogP contribution in [0.25, 0.3) is 0 Å². The molecule has 0 saturated carbocycles. The first kappa shape index (κ1) is 20.6. The van der Waals surface area contributed by atoms with Crippen molar-refractivity contribution in [2.24, 2.45) is 11.8 Å². The summed E-state index contributed by atoms with van der Waals surface area (Å²) in [5.41, 5.74) is -0.504. The Balaban J connectivity index is 3.42. The van der Waals surface area contributed by atoms with Gasteiger partial charge in [-0.05, 0) is 25.7 Å². The van der Waals surface area contributed by atoms with Gasteiger partial charge in [-0.2, -0.15) is 0 Å². The van der Waals surface area contributed by atoms with E-state index in [1.807, 2.05) is 11.8 Å². The summed E-state index contributed by atoms with van der Waals surface area (Å²) in [6.45, 7) is 14.3. The molecule has 0 spiro atoms. The van der Waals surface area contributed by atoms with Crippen molar-refractivity contribution in [3.63, 3.8) is 0 Å². The maximum Gasteiger partial charge on any atom is 0.201 e. The third-order valence-corrected chi connectivity index (χ3v) is 4.68. The molecule has 0 aromatic carbocycles. The van der Waals surface area contributed by atoms with Crippen molar-refractivity contribution in [1.82, 2.24) is 4.90 Å². The molecule has 24 heavy (non-hydrogen) atoms. The SMILES string of the molecule is CCC(=O)C1=CN(CC(C)C)C(C(C)=CC(C)CC)C(C)(O)C1=O. The topological polar surface area (TPSA) is 57.6 Å². The number of ketones is 2. The Kier molecular flexibility index (Phi) is 6.97. The van der Waals surface area contributed by atoms with E-state index < -0.39 is 17.4 Å². The lowest BCUT2D eigenvalue weighted by molar-refractivity contribution is -0.140. The molecule has 1 aliphatic heterocycles. The van der Waals surface area contributed by atoms with Crippen molar-refractivity contribution in [2.45, 2.75) is 73.0 Å². The van der Waals surface area contributed by atoms with Gasteiger partial charge in [-0.3, -0.25) is 9.59 Å². The number of hydrogen-bond donors (Lipinski definition) is 1. The summed E-state index contributed by atoms with van der Waals surface area (Å²) in [6.07, 6.45) is 5.06. The zero-order chi connectivity index (χ0) is 18.7. The number of allylic oxidation sites excluding steroid dienone is 1. The van der Waals surface area contributed by atoms with Crippen LogP contribution in [0.3, 0.4) is 0 Å². The molecule has 0 bridgehead atoms. The first-order valence-corrected chi connectivity index (χ1v) is 9.02. The first-order valence-electron chi connectivity index (χ1n) is 9.02. The van der Waals surface area contributed by atoms with E-state index in [1.54, 1.807) is 13.1 Å². The molecule has 0 aliphatic carbocycles. The fourth-order valence-corrected chi connectivity index (χ4v) is 3.35. The average molecular weight is 335 g/mol. The highest BCUT2D eigenvalue weighted by molar-refractivity contribution is 6.23. The molecule has 4 heteroatoms. The molecular weight excluding hydrogens is 302 g/mol. The van der Waals surface area contributed by atoms with Gasteiger partial charge in [0.25, 0.3) is 0 Å². The Bertz CT molecular complexity index is 543. The summed E-state index contributed by atoms with van der Waals surface area (Å²) < 4.78 is 0. The fourth-order valence-electron chi connectivity index (χ4n) is 3.35. The third-order valence-electron chi connectivity index (χ3n) is 4.68. The Labute approximate surface area is 146 Å². The molecule has 4 nitrogen and oxygen atoms in total. The van der Waals surface area contributed by atoms with E-state index in [0.29, 0.717) is 18.4 Å². The average Bonchev–Trinajstić information content (AvgIpc) is 2.48. The zero-order valence-electron chi connectivity index (χ0n) is 16.2. The Morgan fingerprint density at radius 1 is 1.38 bits per heavy atom. The van der Waals surface area contributed by atoms with Gasteiger partial charge in [-0.1, -0.05) is 52.7 Å². The molecule has 3 atom stereocenters. The minimum atomic E-state index is -1.60. The van der Waals surface area contributed by atoms with Gasteiger partial charge in [0.1, 0.15) is 5.60 Å². The van der Waals surface area contributed by atoms with Gasteiger partial charge >= 0.3 is 0 Å². The van der Waals surface area contributed by atoms with Crippen LogP contribution in [0.5, 0.6) is 0 Å². The van der Waals surface area contributed by atoms with Crippen LogP contribution in [0.1, 0.15) is 61.3 Å². The van der Waals surface area contributed by atoms with Crippen molar-refractivity contribution in [2.75, 3.05) is 6.54 Å². The Hall–Kier alpha value is -1.42. The van der Waals surface area contributed by atoms with Gasteiger partial charge in [0.2, 0.25) is 5.78 Å². The van der Waals surface area contributed by atoms with Crippen molar-refractivity contribution >= 4 is 11.6 Å². The highest BCUT2D eigenvalue weighted by Crippen LogP contribution is 2.33. The highest BCUT2D eigenvalue weighted by Gasteiger charge is 2.48. The smallest absolute Gasteiger partial charge is 0.201 e. The molecule has 1 N–H and O–H groups in total. The van der Waals surface area contributed by atoms with Crippen LogP contribution in [0.4, 0.5) is 0 Å². The summed E-state index contributed by atoms with van der Waals surface area (Å²) in [5, 5.41) is 11.0. The van der Waals surface area contributed by atoms with Crippen LogP contribution in [0.15, 0.2) is 23.4 Å². The maximum atomic E-state index is 12.8. The minimum Gasteiger partial charge on any atom is -0.379 e. The van der Waals surface area contributed by atoms with E-state index in [0.717, 1.165) is 12.0 Å². The lowest BCUT2D eigenvalue weighted by atomic mass is 9.78. The summed E-state index contributed by atoms with van der Waals surface area (Å²) in [6, 6.07) is -0.435. The lowest BCUT2D eigenvalue weighted by Crippen LogP contribution is -2.59. The van der Waals surface area contributed by atoms with Crippen molar-refractivity contribution in [1.29, 1.82) is 0 Å².